The minimum absolute atomic E-state index is 0.0125. The van der Waals surface area contributed by atoms with E-state index in [1.807, 2.05) is 0 Å². The van der Waals surface area contributed by atoms with Crippen molar-refractivity contribution in [1.82, 2.24) is 4.98 Å². The van der Waals surface area contributed by atoms with E-state index < -0.39 is 17.2 Å². The highest BCUT2D eigenvalue weighted by molar-refractivity contribution is 5.23. The quantitative estimate of drug-likeness (QED) is 0.800. The van der Waals surface area contributed by atoms with Crippen LogP contribution in [-0.4, -0.2) is 18.6 Å². The third kappa shape index (κ3) is 1.73. The van der Waals surface area contributed by atoms with Gasteiger partial charge in [0, 0.05) is 13.7 Å². The lowest BCUT2D eigenvalue weighted by Gasteiger charge is -2.27. The zero-order valence-corrected chi connectivity index (χ0v) is 8.05. The number of hydrogen-bond donors (Lipinski definition) is 1. The van der Waals surface area contributed by atoms with Gasteiger partial charge >= 0.3 is 0 Å². The Balaban J connectivity index is 3.29. The van der Waals surface area contributed by atoms with Crippen molar-refractivity contribution in [3.63, 3.8) is 0 Å². The molecule has 0 amide bonds. The number of aromatic nitrogens is 1. The minimum atomic E-state index is -1.16. The van der Waals surface area contributed by atoms with E-state index in [2.05, 4.69) is 4.98 Å². The maximum absolute atomic E-state index is 13.3. The number of hydrogen-bond acceptors (Lipinski definition) is 3. The SMILES string of the molecule is COC(C)(CN)c1c(F)cncc1F. The minimum Gasteiger partial charge on any atom is -0.372 e. The van der Waals surface area contributed by atoms with Gasteiger partial charge in [-0.2, -0.15) is 0 Å². The molecule has 78 valence electrons. The molecule has 0 radical (unpaired) electrons. The van der Waals surface area contributed by atoms with E-state index in [1.54, 1.807) is 0 Å². The highest BCUT2D eigenvalue weighted by Gasteiger charge is 2.31. The van der Waals surface area contributed by atoms with E-state index in [0.29, 0.717) is 0 Å². The third-order valence-electron chi connectivity index (χ3n) is 2.22. The summed E-state index contributed by atoms with van der Waals surface area (Å²) in [5, 5.41) is 0. The summed E-state index contributed by atoms with van der Waals surface area (Å²) in [6, 6.07) is 0. The Bertz CT molecular complexity index is 306. The maximum Gasteiger partial charge on any atom is 0.150 e. The van der Waals surface area contributed by atoms with Crippen molar-refractivity contribution in [3.05, 3.63) is 29.6 Å². The second-order valence-electron chi connectivity index (χ2n) is 3.12. The van der Waals surface area contributed by atoms with E-state index >= 15 is 0 Å². The molecule has 0 bridgehead atoms. The van der Waals surface area contributed by atoms with Crippen molar-refractivity contribution in [2.24, 2.45) is 5.73 Å². The molecule has 0 aliphatic heterocycles. The molecule has 1 unspecified atom stereocenters. The van der Waals surface area contributed by atoms with Gasteiger partial charge in [-0.25, -0.2) is 8.78 Å². The Labute approximate surface area is 80.9 Å². The zero-order valence-electron chi connectivity index (χ0n) is 8.05. The van der Waals surface area contributed by atoms with Crippen LogP contribution in [0.3, 0.4) is 0 Å². The van der Waals surface area contributed by atoms with Crippen molar-refractivity contribution >= 4 is 0 Å². The molecule has 0 saturated carbocycles. The summed E-state index contributed by atoms with van der Waals surface area (Å²) in [6.45, 7) is 1.51. The van der Waals surface area contributed by atoms with Crippen molar-refractivity contribution in [2.75, 3.05) is 13.7 Å². The fourth-order valence-corrected chi connectivity index (χ4v) is 1.20. The van der Waals surface area contributed by atoms with Crippen LogP contribution in [-0.2, 0) is 10.3 Å². The number of halogens is 2. The average Bonchev–Trinajstić information content (AvgIpc) is 2.17. The van der Waals surface area contributed by atoms with Crippen LogP contribution in [0.2, 0.25) is 0 Å². The topological polar surface area (TPSA) is 48.1 Å². The van der Waals surface area contributed by atoms with E-state index in [-0.39, 0.29) is 12.1 Å². The molecular weight excluding hydrogens is 190 g/mol. The van der Waals surface area contributed by atoms with Gasteiger partial charge in [0.25, 0.3) is 0 Å². The molecule has 1 atom stereocenters. The molecule has 1 aromatic heterocycles. The number of nitrogens with zero attached hydrogens (tertiary/aromatic N) is 1. The molecule has 0 spiro atoms. The standard InChI is InChI=1S/C9H12F2N2O/c1-9(5-12,14-2)8-6(10)3-13-4-7(8)11/h3-4H,5,12H2,1-2H3. The van der Waals surface area contributed by atoms with Crippen LogP contribution in [0.15, 0.2) is 12.4 Å². The van der Waals surface area contributed by atoms with Gasteiger partial charge in [0.1, 0.15) is 5.60 Å². The summed E-state index contributed by atoms with van der Waals surface area (Å²) in [5.41, 5.74) is 4.07. The van der Waals surface area contributed by atoms with Gasteiger partial charge in [-0.1, -0.05) is 0 Å². The van der Waals surface area contributed by atoms with E-state index in [0.717, 1.165) is 12.4 Å². The predicted molar refractivity (Wildman–Crippen MR) is 47.6 cm³/mol. The largest absolute Gasteiger partial charge is 0.372 e. The average molecular weight is 202 g/mol. The summed E-state index contributed by atoms with van der Waals surface area (Å²) in [6.07, 6.45) is 1.87. The van der Waals surface area contributed by atoms with E-state index in [4.69, 9.17) is 10.5 Å². The number of methoxy groups -OCH3 is 1. The van der Waals surface area contributed by atoms with Gasteiger partial charge in [-0.05, 0) is 6.92 Å². The Morgan fingerprint density at radius 3 is 2.29 bits per heavy atom. The number of nitrogens with two attached hydrogens (primary N) is 1. The third-order valence-corrected chi connectivity index (χ3v) is 2.22. The highest BCUT2D eigenvalue weighted by atomic mass is 19.1. The lowest BCUT2D eigenvalue weighted by Crippen LogP contribution is -2.35. The molecule has 3 nitrogen and oxygen atoms in total. The van der Waals surface area contributed by atoms with E-state index in [1.165, 1.54) is 14.0 Å². The van der Waals surface area contributed by atoms with Crippen molar-refractivity contribution in [2.45, 2.75) is 12.5 Å². The van der Waals surface area contributed by atoms with Crippen LogP contribution >= 0.6 is 0 Å². The fraction of sp³-hybridized carbons (Fsp3) is 0.444. The first-order chi connectivity index (χ1) is 6.55. The first-order valence-electron chi connectivity index (χ1n) is 4.10. The van der Waals surface area contributed by atoms with Gasteiger partial charge in [0.2, 0.25) is 0 Å². The molecule has 1 heterocycles. The van der Waals surface area contributed by atoms with Crippen molar-refractivity contribution in [3.8, 4) is 0 Å². The first-order valence-corrected chi connectivity index (χ1v) is 4.10. The molecule has 0 aliphatic rings. The second kappa shape index (κ2) is 3.98. The van der Waals surface area contributed by atoms with Crippen molar-refractivity contribution in [1.29, 1.82) is 0 Å². The summed E-state index contributed by atoms with van der Waals surface area (Å²) >= 11 is 0. The molecule has 0 saturated heterocycles. The molecular formula is C9H12F2N2O. The predicted octanol–water partition coefficient (Wildman–Crippen LogP) is 1.18. The highest BCUT2D eigenvalue weighted by Crippen LogP contribution is 2.27. The molecule has 1 aromatic rings. The maximum atomic E-state index is 13.3. The fourth-order valence-electron chi connectivity index (χ4n) is 1.20. The lowest BCUT2D eigenvalue weighted by atomic mass is 9.96. The van der Waals surface area contributed by atoms with Crippen LogP contribution in [0.25, 0.3) is 0 Å². The lowest BCUT2D eigenvalue weighted by molar-refractivity contribution is 0.00393. The Morgan fingerprint density at radius 2 is 1.93 bits per heavy atom. The number of pyridine rings is 1. The van der Waals surface area contributed by atoms with Crippen LogP contribution < -0.4 is 5.73 Å². The molecule has 0 fully saturated rings. The molecule has 5 heteroatoms. The van der Waals surface area contributed by atoms with Crippen LogP contribution in [0, 0.1) is 11.6 Å². The van der Waals surface area contributed by atoms with Gasteiger partial charge in [0.05, 0.1) is 18.0 Å². The summed E-state index contributed by atoms with van der Waals surface area (Å²) in [5.74, 6) is -1.50. The monoisotopic (exact) mass is 202 g/mol. The van der Waals surface area contributed by atoms with Crippen molar-refractivity contribution < 1.29 is 13.5 Å². The van der Waals surface area contributed by atoms with Gasteiger partial charge in [-0.15, -0.1) is 0 Å². The second-order valence-corrected chi connectivity index (χ2v) is 3.12. The number of ether oxygens (including phenoxy) is 1. The Hall–Kier alpha value is -1.07. The first kappa shape index (κ1) is 11.0. The summed E-state index contributed by atoms with van der Waals surface area (Å²) in [4.78, 5) is 3.38. The summed E-state index contributed by atoms with van der Waals surface area (Å²) < 4.78 is 31.6. The molecule has 1 rings (SSSR count). The van der Waals surface area contributed by atoms with Crippen LogP contribution in [0.4, 0.5) is 8.78 Å². The van der Waals surface area contributed by atoms with Gasteiger partial charge in [-0.3, -0.25) is 4.98 Å². The Kier molecular flexibility index (Phi) is 3.13. The molecule has 14 heavy (non-hydrogen) atoms. The normalized spacial score (nSPS) is 15.2. The smallest absolute Gasteiger partial charge is 0.150 e. The summed E-state index contributed by atoms with van der Waals surface area (Å²) in [7, 11) is 1.35. The van der Waals surface area contributed by atoms with Gasteiger partial charge in [0.15, 0.2) is 11.6 Å². The van der Waals surface area contributed by atoms with Gasteiger partial charge < -0.3 is 10.5 Å². The Morgan fingerprint density at radius 1 is 1.43 bits per heavy atom. The molecule has 0 aromatic carbocycles. The van der Waals surface area contributed by atoms with Crippen LogP contribution in [0.5, 0.6) is 0 Å². The number of rotatable bonds is 3. The molecule has 0 aliphatic carbocycles. The van der Waals surface area contributed by atoms with Crippen LogP contribution in [0.1, 0.15) is 12.5 Å². The zero-order chi connectivity index (χ0) is 10.8. The van der Waals surface area contributed by atoms with E-state index in [9.17, 15) is 8.78 Å². The molecule has 2 N–H and O–H groups in total.